The highest BCUT2D eigenvalue weighted by atomic mass is 16.4. The van der Waals surface area contributed by atoms with Crippen LogP contribution in [0, 0.1) is 6.92 Å². The van der Waals surface area contributed by atoms with Gasteiger partial charge in [0.15, 0.2) is 5.69 Å². The predicted octanol–water partition coefficient (Wildman–Crippen LogP) is 2.60. The van der Waals surface area contributed by atoms with E-state index in [2.05, 4.69) is 10.2 Å². The molecule has 0 saturated carbocycles. The Morgan fingerprint density at radius 2 is 2.07 bits per heavy atom. The molecule has 80 valence electrons. The summed E-state index contributed by atoms with van der Waals surface area (Å²) < 4.78 is 0. The van der Waals surface area contributed by atoms with E-state index >= 15 is 0 Å². The van der Waals surface area contributed by atoms with E-state index < -0.39 is 5.97 Å². The lowest BCUT2D eigenvalue weighted by molar-refractivity contribution is 0.0692. The normalized spacial score (nSPS) is 9.53. The number of nitrogens with zero attached hydrogens (tertiary/aromatic N) is 1. The Bertz CT molecular complexity index is 474. The molecule has 0 unspecified atom stereocenters. The van der Waals surface area contributed by atoms with Crippen LogP contribution in [0.3, 0.4) is 0 Å². The Balaban J connectivity index is 0.000000531. The van der Waals surface area contributed by atoms with Crippen LogP contribution in [0.25, 0.3) is 10.9 Å². The number of carboxylic acid groups (broad SMARTS) is 1. The van der Waals surface area contributed by atoms with E-state index in [0.29, 0.717) is 5.39 Å². The Morgan fingerprint density at radius 1 is 1.40 bits per heavy atom. The van der Waals surface area contributed by atoms with Crippen LogP contribution in [0.4, 0.5) is 0 Å². The van der Waals surface area contributed by atoms with Crippen LogP contribution in [0.1, 0.15) is 29.9 Å². The summed E-state index contributed by atoms with van der Waals surface area (Å²) in [5, 5.41) is 15.8. The van der Waals surface area contributed by atoms with Gasteiger partial charge in [0.05, 0.1) is 5.52 Å². The van der Waals surface area contributed by atoms with Crippen molar-refractivity contribution < 1.29 is 9.90 Å². The molecule has 1 aromatic heterocycles. The van der Waals surface area contributed by atoms with Gasteiger partial charge in [0, 0.05) is 5.39 Å². The summed E-state index contributed by atoms with van der Waals surface area (Å²) >= 11 is 0. The van der Waals surface area contributed by atoms with Crippen molar-refractivity contribution in [3.63, 3.8) is 0 Å². The molecule has 0 fully saturated rings. The molecule has 4 nitrogen and oxygen atoms in total. The van der Waals surface area contributed by atoms with Crippen LogP contribution >= 0.6 is 0 Å². The third-order valence-corrected chi connectivity index (χ3v) is 1.92. The van der Waals surface area contributed by atoms with Gasteiger partial charge in [-0.2, -0.15) is 5.10 Å². The summed E-state index contributed by atoms with van der Waals surface area (Å²) in [6.07, 6.45) is 0. The summed E-state index contributed by atoms with van der Waals surface area (Å²) in [5.74, 6) is -1.00. The first kappa shape index (κ1) is 11.2. The molecule has 4 heteroatoms. The minimum atomic E-state index is -1.00. The topological polar surface area (TPSA) is 66.0 Å². The fraction of sp³-hybridized carbons (Fsp3) is 0.273. The van der Waals surface area contributed by atoms with E-state index in [4.69, 9.17) is 5.11 Å². The number of rotatable bonds is 1. The molecule has 0 radical (unpaired) electrons. The molecule has 2 N–H and O–H groups in total. The molecule has 0 aliphatic carbocycles. The van der Waals surface area contributed by atoms with E-state index in [1.165, 1.54) is 0 Å². The molecule has 1 heterocycles. The first-order chi connectivity index (χ1) is 7.18. The van der Waals surface area contributed by atoms with E-state index in [1.807, 2.05) is 39.0 Å². The lowest BCUT2D eigenvalue weighted by Gasteiger charge is -1.92. The average molecular weight is 206 g/mol. The molecule has 0 aliphatic heterocycles. The van der Waals surface area contributed by atoms with Crippen molar-refractivity contribution in [2.75, 3.05) is 0 Å². The molecule has 0 aliphatic rings. The van der Waals surface area contributed by atoms with Gasteiger partial charge in [-0.15, -0.1) is 0 Å². The average Bonchev–Trinajstić information content (AvgIpc) is 2.63. The highest BCUT2D eigenvalue weighted by molar-refractivity contribution is 6.01. The monoisotopic (exact) mass is 206 g/mol. The SMILES string of the molecule is CC.Cc1ccc2[nH]nc(C(=O)O)c2c1. The zero-order valence-corrected chi connectivity index (χ0v) is 9.03. The zero-order chi connectivity index (χ0) is 11.4. The van der Waals surface area contributed by atoms with Gasteiger partial charge in [-0.05, 0) is 19.1 Å². The molecule has 0 saturated heterocycles. The van der Waals surface area contributed by atoms with Crippen LogP contribution < -0.4 is 0 Å². The summed E-state index contributed by atoms with van der Waals surface area (Å²) in [5.41, 5.74) is 1.86. The number of H-pyrrole nitrogens is 1. The summed E-state index contributed by atoms with van der Waals surface area (Å²) in [7, 11) is 0. The van der Waals surface area contributed by atoms with Crippen LogP contribution in [0.5, 0.6) is 0 Å². The van der Waals surface area contributed by atoms with Gasteiger partial charge in [0.2, 0.25) is 0 Å². The summed E-state index contributed by atoms with van der Waals surface area (Å²) in [4.78, 5) is 10.7. The molecular weight excluding hydrogens is 192 g/mol. The Labute approximate surface area is 87.9 Å². The number of carboxylic acids is 1. The van der Waals surface area contributed by atoms with Crippen LogP contribution in [0.15, 0.2) is 18.2 Å². The van der Waals surface area contributed by atoms with Crippen LogP contribution in [-0.2, 0) is 0 Å². The van der Waals surface area contributed by atoms with Crippen molar-refractivity contribution in [3.8, 4) is 0 Å². The predicted molar refractivity (Wildman–Crippen MR) is 59.1 cm³/mol. The number of hydrogen-bond donors (Lipinski definition) is 2. The van der Waals surface area contributed by atoms with Gasteiger partial charge in [0.25, 0.3) is 0 Å². The second-order valence-corrected chi connectivity index (χ2v) is 2.93. The fourth-order valence-corrected chi connectivity index (χ4v) is 1.29. The minimum Gasteiger partial charge on any atom is -0.476 e. The second kappa shape index (κ2) is 4.59. The first-order valence-electron chi connectivity index (χ1n) is 4.86. The Morgan fingerprint density at radius 3 is 2.67 bits per heavy atom. The van der Waals surface area contributed by atoms with E-state index in [-0.39, 0.29) is 5.69 Å². The summed E-state index contributed by atoms with van der Waals surface area (Å²) in [6, 6.07) is 5.54. The third-order valence-electron chi connectivity index (χ3n) is 1.92. The number of aromatic nitrogens is 2. The highest BCUT2D eigenvalue weighted by Crippen LogP contribution is 2.16. The van der Waals surface area contributed by atoms with Crippen LogP contribution in [-0.4, -0.2) is 21.3 Å². The van der Waals surface area contributed by atoms with Crippen molar-refractivity contribution in [1.29, 1.82) is 0 Å². The van der Waals surface area contributed by atoms with Crippen LogP contribution in [0.2, 0.25) is 0 Å². The molecule has 0 spiro atoms. The maximum Gasteiger partial charge on any atom is 0.357 e. The highest BCUT2D eigenvalue weighted by Gasteiger charge is 2.11. The van der Waals surface area contributed by atoms with Crippen molar-refractivity contribution in [2.45, 2.75) is 20.8 Å². The fourth-order valence-electron chi connectivity index (χ4n) is 1.29. The van der Waals surface area contributed by atoms with Crippen molar-refractivity contribution in [2.24, 2.45) is 0 Å². The number of hydrogen-bond acceptors (Lipinski definition) is 2. The number of nitrogens with one attached hydrogen (secondary N) is 1. The molecule has 2 rings (SSSR count). The number of aromatic carboxylic acids is 1. The molecule has 0 bridgehead atoms. The molecule has 1 aromatic carbocycles. The number of carbonyl (C=O) groups is 1. The van der Waals surface area contributed by atoms with Crippen molar-refractivity contribution >= 4 is 16.9 Å². The van der Waals surface area contributed by atoms with Crippen molar-refractivity contribution in [1.82, 2.24) is 10.2 Å². The van der Waals surface area contributed by atoms with E-state index in [9.17, 15) is 4.79 Å². The molecule has 15 heavy (non-hydrogen) atoms. The molecule has 0 atom stereocenters. The van der Waals surface area contributed by atoms with E-state index in [0.717, 1.165) is 11.1 Å². The molecular formula is C11H14N2O2. The summed E-state index contributed by atoms with van der Waals surface area (Å²) in [6.45, 7) is 5.91. The molecule has 2 aromatic rings. The zero-order valence-electron chi connectivity index (χ0n) is 9.03. The standard InChI is InChI=1S/C9H8N2O2.C2H6/c1-5-2-3-7-6(4-5)8(9(12)13)11-10-7;1-2/h2-4H,1H3,(H,10,11)(H,12,13);1-2H3. The quantitative estimate of drug-likeness (QED) is 0.753. The number of fused-ring (bicyclic) bond motifs is 1. The lowest BCUT2D eigenvalue weighted by atomic mass is 10.1. The van der Waals surface area contributed by atoms with Gasteiger partial charge in [-0.1, -0.05) is 25.5 Å². The van der Waals surface area contributed by atoms with Gasteiger partial charge >= 0.3 is 5.97 Å². The number of benzene rings is 1. The first-order valence-corrected chi connectivity index (χ1v) is 4.86. The Hall–Kier alpha value is -1.84. The smallest absolute Gasteiger partial charge is 0.357 e. The molecule has 0 amide bonds. The van der Waals surface area contributed by atoms with E-state index in [1.54, 1.807) is 0 Å². The van der Waals surface area contributed by atoms with Gasteiger partial charge in [0.1, 0.15) is 0 Å². The Kier molecular flexibility index (Phi) is 3.44. The minimum absolute atomic E-state index is 0.0821. The van der Waals surface area contributed by atoms with Crippen molar-refractivity contribution in [3.05, 3.63) is 29.5 Å². The largest absolute Gasteiger partial charge is 0.476 e. The number of aryl methyl sites for hydroxylation is 1. The van der Waals surface area contributed by atoms with Gasteiger partial charge < -0.3 is 5.11 Å². The lowest BCUT2D eigenvalue weighted by Crippen LogP contribution is -1.96. The van der Waals surface area contributed by atoms with Gasteiger partial charge in [-0.3, -0.25) is 5.10 Å². The third kappa shape index (κ3) is 2.15. The number of aromatic amines is 1. The maximum atomic E-state index is 10.7. The van der Waals surface area contributed by atoms with Gasteiger partial charge in [-0.25, -0.2) is 4.79 Å². The maximum absolute atomic E-state index is 10.7. The second-order valence-electron chi connectivity index (χ2n) is 2.93.